The van der Waals surface area contributed by atoms with Crippen molar-refractivity contribution in [1.82, 2.24) is 10.6 Å². The topological polar surface area (TPSA) is 44.4 Å². The summed E-state index contributed by atoms with van der Waals surface area (Å²) in [6, 6.07) is 6.63. The number of anilines is 1. The Morgan fingerprint density at radius 3 is 2.90 bits per heavy atom. The van der Waals surface area contributed by atoms with Crippen molar-refractivity contribution in [2.45, 2.75) is 44.8 Å². The van der Waals surface area contributed by atoms with Crippen LogP contribution in [-0.2, 0) is 11.3 Å². The van der Waals surface area contributed by atoms with Crippen molar-refractivity contribution in [1.29, 1.82) is 0 Å². The molecule has 1 aromatic rings. The van der Waals surface area contributed by atoms with E-state index in [1.165, 1.54) is 12.8 Å². The van der Waals surface area contributed by atoms with Gasteiger partial charge in [0, 0.05) is 25.7 Å². The van der Waals surface area contributed by atoms with Crippen LogP contribution in [0.2, 0.25) is 5.02 Å². The van der Waals surface area contributed by atoms with E-state index in [-0.39, 0.29) is 5.91 Å². The van der Waals surface area contributed by atoms with Gasteiger partial charge in [0.05, 0.1) is 10.7 Å². The molecule has 5 heteroatoms. The number of carbonyl (C=O) groups is 1. The summed E-state index contributed by atoms with van der Waals surface area (Å²) in [7, 11) is 0. The lowest BCUT2D eigenvalue weighted by Crippen LogP contribution is -2.62. The largest absolute Gasteiger partial charge is 0.354 e. The lowest BCUT2D eigenvalue weighted by Gasteiger charge is -2.44. The van der Waals surface area contributed by atoms with Gasteiger partial charge in [0.25, 0.3) is 0 Å². The zero-order chi connectivity index (χ0) is 15.0. The number of halogens is 1. The highest BCUT2D eigenvalue weighted by molar-refractivity contribution is 6.33. The van der Waals surface area contributed by atoms with Crippen LogP contribution in [0.4, 0.5) is 5.69 Å². The van der Waals surface area contributed by atoms with E-state index < -0.39 is 5.54 Å². The monoisotopic (exact) mass is 307 g/mol. The Labute approximate surface area is 130 Å². The average molecular weight is 308 g/mol. The maximum Gasteiger partial charge on any atom is 0.245 e. The molecule has 0 atom stereocenters. The molecule has 0 aromatic heterocycles. The van der Waals surface area contributed by atoms with Crippen LogP contribution in [0.3, 0.4) is 0 Å². The molecule has 2 fully saturated rings. The predicted octanol–water partition coefficient (Wildman–Crippen LogP) is 2.31. The Morgan fingerprint density at radius 2 is 2.19 bits per heavy atom. The third-order valence-corrected chi connectivity index (χ3v) is 4.66. The number of nitrogens with one attached hydrogen (secondary N) is 2. The molecular formula is C16H22ClN3O. The molecule has 1 saturated heterocycles. The highest BCUT2D eigenvalue weighted by atomic mass is 35.5. The number of amides is 1. The predicted molar refractivity (Wildman–Crippen MR) is 85.7 cm³/mol. The Kier molecular flexibility index (Phi) is 3.84. The van der Waals surface area contributed by atoms with E-state index in [2.05, 4.69) is 21.6 Å². The fourth-order valence-corrected chi connectivity index (χ4v) is 3.13. The van der Waals surface area contributed by atoms with Gasteiger partial charge >= 0.3 is 0 Å². The van der Waals surface area contributed by atoms with Crippen molar-refractivity contribution in [2.75, 3.05) is 18.0 Å². The highest BCUT2D eigenvalue weighted by Crippen LogP contribution is 2.36. The summed E-state index contributed by atoms with van der Waals surface area (Å²) in [4.78, 5) is 14.3. The second kappa shape index (κ2) is 5.50. The van der Waals surface area contributed by atoms with Gasteiger partial charge < -0.3 is 15.5 Å². The van der Waals surface area contributed by atoms with Gasteiger partial charge in [-0.2, -0.15) is 0 Å². The minimum atomic E-state index is -0.586. The van der Waals surface area contributed by atoms with Crippen LogP contribution in [-0.4, -0.2) is 30.6 Å². The summed E-state index contributed by atoms with van der Waals surface area (Å²) in [5, 5.41) is 7.18. The molecule has 1 aliphatic heterocycles. The van der Waals surface area contributed by atoms with Crippen LogP contribution < -0.4 is 15.5 Å². The first-order valence-corrected chi connectivity index (χ1v) is 7.94. The number of carbonyl (C=O) groups excluding carboxylic acids is 1. The summed E-state index contributed by atoms with van der Waals surface area (Å²) in [6.07, 6.45) is 2.51. The van der Waals surface area contributed by atoms with Crippen LogP contribution in [0.1, 0.15) is 32.3 Å². The number of nitrogens with zero attached hydrogens (tertiary/aromatic N) is 1. The van der Waals surface area contributed by atoms with Crippen LogP contribution in [0, 0.1) is 0 Å². The molecule has 0 radical (unpaired) electrons. The van der Waals surface area contributed by atoms with E-state index in [1.807, 2.05) is 26.0 Å². The lowest BCUT2D eigenvalue weighted by molar-refractivity contribution is -0.126. The third kappa shape index (κ3) is 2.87. The van der Waals surface area contributed by atoms with Crippen molar-refractivity contribution < 1.29 is 4.79 Å². The molecular weight excluding hydrogens is 286 g/mol. The summed E-state index contributed by atoms with van der Waals surface area (Å²) < 4.78 is 0. The minimum Gasteiger partial charge on any atom is -0.354 e. The summed E-state index contributed by atoms with van der Waals surface area (Å²) in [6.45, 7) is 6.13. The standard InChI is InChI=1S/C16H22ClN3O/c1-16(2)15(21)18-8-9-20(16)14-11(4-3-5-13(14)17)10-19-12-6-7-12/h3-5,12,19H,6-10H2,1-2H3,(H,18,21). The van der Waals surface area contributed by atoms with Crippen molar-refractivity contribution in [3.8, 4) is 0 Å². The first-order valence-electron chi connectivity index (χ1n) is 7.57. The van der Waals surface area contributed by atoms with Gasteiger partial charge in [-0.15, -0.1) is 0 Å². The quantitative estimate of drug-likeness (QED) is 0.897. The van der Waals surface area contributed by atoms with Crippen LogP contribution in [0.25, 0.3) is 0 Å². The number of piperazine rings is 1. The molecule has 1 saturated carbocycles. The number of hydrogen-bond donors (Lipinski definition) is 2. The molecule has 21 heavy (non-hydrogen) atoms. The van der Waals surface area contributed by atoms with Crippen molar-refractivity contribution in [2.24, 2.45) is 0 Å². The normalized spacial score (nSPS) is 21.3. The van der Waals surface area contributed by atoms with E-state index in [0.717, 1.165) is 24.3 Å². The number of para-hydroxylation sites is 1. The third-order valence-electron chi connectivity index (χ3n) is 4.35. The molecule has 1 aliphatic carbocycles. The molecule has 0 bridgehead atoms. The molecule has 114 valence electrons. The SMILES string of the molecule is CC1(C)C(=O)NCCN1c1c(Cl)cccc1CNC1CC1. The van der Waals surface area contributed by atoms with Gasteiger partial charge in [-0.1, -0.05) is 23.7 Å². The van der Waals surface area contributed by atoms with Gasteiger partial charge in [0.1, 0.15) is 5.54 Å². The second-order valence-electron chi connectivity index (χ2n) is 6.37. The summed E-state index contributed by atoms with van der Waals surface area (Å²) in [5.74, 6) is 0.0507. The molecule has 4 nitrogen and oxygen atoms in total. The Hall–Kier alpha value is -1.26. The minimum absolute atomic E-state index is 0.0507. The zero-order valence-electron chi connectivity index (χ0n) is 12.6. The van der Waals surface area contributed by atoms with Gasteiger partial charge in [0.2, 0.25) is 5.91 Å². The van der Waals surface area contributed by atoms with E-state index >= 15 is 0 Å². The molecule has 2 aliphatic rings. The van der Waals surface area contributed by atoms with Crippen LogP contribution in [0.15, 0.2) is 18.2 Å². The molecule has 2 N–H and O–H groups in total. The molecule has 1 heterocycles. The Balaban J connectivity index is 1.93. The fraction of sp³-hybridized carbons (Fsp3) is 0.562. The maximum atomic E-state index is 12.2. The number of rotatable bonds is 4. The average Bonchev–Trinajstić information content (AvgIpc) is 3.25. The molecule has 3 rings (SSSR count). The molecule has 1 aromatic carbocycles. The Bertz CT molecular complexity index is 554. The molecule has 0 spiro atoms. The fourth-order valence-electron chi connectivity index (χ4n) is 2.84. The van der Waals surface area contributed by atoms with Gasteiger partial charge in [-0.3, -0.25) is 4.79 Å². The van der Waals surface area contributed by atoms with Crippen LogP contribution >= 0.6 is 11.6 Å². The highest BCUT2D eigenvalue weighted by Gasteiger charge is 2.39. The zero-order valence-corrected chi connectivity index (χ0v) is 13.3. The lowest BCUT2D eigenvalue weighted by atomic mass is 9.96. The smallest absolute Gasteiger partial charge is 0.245 e. The maximum absolute atomic E-state index is 12.2. The number of benzene rings is 1. The van der Waals surface area contributed by atoms with Crippen LogP contribution in [0.5, 0.6) is 0 Å². The number of hydrogen-bond acceptors (Lipinski definition) is 3. The van der Waals surface area contributed by atoms with E-state index in [1.54, 1.807) is 0 Å². The first-order chi connectivity index (χ1) is 10.00. The van der Waals surface area contributed by atoms with Gasteiger partial charge in [-0.05, 0) is 38.3 Å². The van der Waals surface area contributed by atoms with E-state index in [4.69, 9.17) is 11.6 Å². The van der Waals surface area contributed by atoms with Gasteiger partial charge in [-0.25, -0.2) is 0 Å². The van der Waals surface area contributed by atoms with E-state index in [9.17, 15) is 4.79 Å². The first kappa shape index (κ1) is 14.7. The van der Waals surface area contributed by atoms with E-state index in [0.29, 0.717) is 17.6 Å². The van der Waals surface area contributed by atoms with Crippen molar-refractivity contribution in [3.63, 3.8) is 0 Å². The second-order valence-corrected chi connectivity index (χ2v) is 6.78. The van der Waals surface area contributed by atoms with Crippen molar-refractivity contribution >= 4 is 23.2 Å². The molecule has 1 amide bonds. The van der Waals surface area contributed by atoms with Crippen molar-refractivity contribution in [3.05, 3.63) is 28.8 Å². The Morgan fingerprint density at radius 1 is 1.43 bits per heavy atom. The summed E-state index contributed by atoms with van der Waals surface area (Å²) in [5.41, 5.74) is 1.57. The van der Waals surface area contributed by atoms with Gasteiger partial charge in [0.15, 0.2) is 0 Å². The molecule has 0 unspecified atom stereocenters. The summed E-state index contributed by atoms with van der Waals surface area (Å²) >= 11 is 6.47.